The summed E-state index contributed by atoms with van der Waals surface area (Å²) in [6, 6.07) is 17.5. The van der Waals surface area contributed by atoms with Crippen LogP contribution in [0.2, 0.25) is 0 Å². The Morgan fingerprint density at radius 3 is 2.53 bits per heavy atom. The van der Waals surface area contributed by atoms with Gasteiger partial charge in [0.2, 0.25) is 0 Å². The zero-order valence-electron chi connectivity index (χ0n) is 17.2. The van der Waals surface area contributed by atoms with E-state index in [-0.39, 0.29) is 11.9 Å². The number of anilines is 2. The normalized spacial score (nSPS) is 14.1. The molecule has 2 heterocycles. The van der Waals surface area contributed by atoms with E-state index in [0.717, 1.165) is 24.2 Å². The van der Waals surface area contributed by atoms with Crippen molar-refractivity contribution >= 4 is 34.6 Å². The molecule has 1 N–H and O–H groups in total. The number of para-hydroxylation sites is 2. The van der Waals surface area contributed by atoms with Crippen LogP contribution in [-0.2, 0) is 6.54 Å². The fourth-order valence-corrected chi connectivity index (χ4v) is 4.56. The maximum atomic E-state index is 13.3. The summed E-state index contributed by atoms with van der Waals surface area (Å²) in [6.07, 6.45) is 0.879. The molecule has 154 valence electrons. The van der Waals surface area contributed by atoms with Crippen molar-refractivity contribution in [2.24, 2.45) is 0 Å². The van der Waals surface area contributed by atoms with Crippen LogP contribution in [0.1, 0.15) is 32.8 Å². The van der Waals surface area contributed by atoms with E-state index in [1.165, 1.54) is 22.5 Å². The molecule has 30 heavy (non-hydrogen) atoms. The molecule has 0 radical (unpaired) electrons. The van der Waals surface area contributed by atoms with Crippen molar-refractivity contribution in [3.8, 4) is 0 Å². The largest absolute Gasteiger partial charge is 0.324 e. The van der Waals surface area contributed by atoms with E-state index >= 15 is 0 Å². The third kappa shape index (κ3) is 4.39. The number of carbonyl (C=O) groups is 2. The quantitative estimate of drug-likeness (QED) is 0.598. The van der Waals surface area contributed by atoms with E-state index in [0.29, 0.717) is 23.7 Å². The number of benzene rings is 2. The molecule has 0 spiro atoms. The first-order chi connectivity index (χ1) is 14.5. The van der Waals surface area contributed by atoms with Crippen LogP contribution in [0.5, 0.6) is 0 Å². The molecule has 0 unspecified atom stereocenters. The van der Waals surface area contributed by atoms with Gasteiger partial charge in [-0.1, -0.05) is 47.5 Å². The molecule has 0 atom stereocenters. The van der Waals surface area contributed by atoms with Gasteiger partial charge in [-0.2, -0.15) is 0 Å². The lowest BCUT2D eigenvalue weighted by atomic mass is 10.1. The molecule has 1 aromatic heterocycles. The molecule has 1 saturated heterocycles. The Morgan fingerprint density at radius 2 is 1.80 bits per heavy atom. The molecule has 0 bridgehead atoms. The minimum atomic E-state index is -0.158. The lowest BCUT2D eigenvalue weighted by molar-refractivity contribution is 0.103. The number of nitrogens with one attached hydrogen (secondary N) is 1. The van der Waals surface area contributed by atoms with E-state index in [1.54, 1.807) is 11.0 Å². The molecule has 6 heteroatoms. The number of rotatable bonds is 5. The first kappa shape index (κ1) is 20.2. The van der Waals surface area contributed by atoms with Gasteiger partial charge in [-0.3, -0.25) is 9.69 Å². The average Bonchev–Trinajstić information content (AvgIpc) is 3.25. The monoisotopic (exact) mass is 419 g/mol. The van der Waals surface area contributed by atoms with Crippen LogP contribution < -0.4 is 10.2 Å². The maximum Gasteiger partial charge on any atom is 0.324 e. The summed E-state index contributed by atoms with van der Waals surface area (Å²) in [5.74, 6) is -0.158. The first-order valence-corrected chi connectivity index (χ1v) is 11.0. The number of urea groups is 1. The number of amides is 3. The molecule has 5 nitrogen and oxygen atoms in total. The highest BCUT2D eigenvalue weighted by molar-refractivity contribution is 7.12. The minimum absolute atomic E-state index is 0.0294. The highest BCUT2D eigenvalue weighted by Crippen LogP contribution is 2.30. The van der Waals surface area contributed by atoms with E-state index in [4.69, 9.17) is 0 Å². The highest BCUT2D eigenvalue weighted by atomic mass is 32.1. The Bertz CT molecular complexity index is 1040. The molecule has 1 aliphatic rings. The summed E-state index contributed by atoms with van der Waals surface area (Å²) in [7, 11) is 0. The molecule has 2 aromatic carbocycles. The Hall–Kier alpha value is -3.12. The fraction of sp³-hybridized carbons (Fsp3) is 0.250. The molecule has 0 aliphatic carbocycles. The Balaban J connectivity index is 1.55. The van der Waals surface area contributed by atoms with Crippen LogP contribution >= 0.6 is 11.3 Å². The third-order valence-corrected chi connectivity index (χ3v) is 6.02. The summed E-state index contributed by atoms with van der Waals surface area (Å²) in [6.45, 7) is 6.10. The first-order valence-electron chi connectivity index (χ1n) is 10.1. The van der Waals surface area contributed by atoms with Gasteiger partial charge in [0.1, 0.15) is 0 Å². The van der Waals surface area contributed by atoms with Crippen molar-refractivity contribution in [2.45, 2.75) is 26.8 Å². The average molecular weight is 420 g/mol. The SMILES string of the molecule is Cc1cc(C)cc(CN2CCCN(c3ccccc3NC(=O)c3cccs3)C2=O)c1. The van der Waals surface area contributed by atoms with Crippen molar-refractivity contribution < 1.29 is 9.59 Å². The number of hydrogen-bond donors (Lipinski definition) is 1. The van der Waals surface area contributed by atoms with Crippen LogP contribution in [0, 0.1) is 13.8 Å². The van der Waals surface area contributed by atoms with Gasteiger partial charge >= 0.3 is 6.03 Å². The molecular formula is C24H25N3O2S. The van der Waals surface area contributed by atoms with Crippen molar-refractivity contribution in [1.82, 2.24) is 4.90 Å². The number of hydrogen-bond acceptors (Lipinski definition) is 3. The zero-order valence-corrected chi connectivity index (χ0v) is 18.0. The fourth-order valence-electron chi connectivity index (χ4n) is 3.94. The van der Waals surface area contributed by atoms with Crippen molar-refractivity contribution in [3.63, 3.8) is 0 Å². The van der Waals surface area contributed by atoms with E-state index in [1.807, 2.05) is 40.6 Å². The van der Waals surface area contributed by atoms with Crippen LogP contribution in [0.15, 0.2) is 60.0 Å². The van der Waals surface area contributed by atoms with Gasteiger partial charge < -0.3 is 10.2 Å². The van der Waals surface area contributed by atoms with Crippen LogP contribution in [0.3, 0.4) is 0 Å². The van der Waals surface area contributed by atoms with E-state index in [2.05, 4.69) is 37.4 Å². The summed E-state index contributed by atoms with van der Waals surface area (Å²) in [5, 5.41) is 4.84. The molecule has 1 fully saturated rings. The number of carbonyl (C=O) groups excluding carboxylic acids is 2. The second kappa shape index (κ2) is 8.71. The summed E-state index contributed by atoms with van der Waals surface area (Å²) in [5.41, 5.74) is 4.93. The van der Waals surface area contributed by atoms with Crippen LogP contribution in [-0.4, -0.2) is 29.9 Å². The van der Waals surface area contributed by atoms with Crippen LogP contribution in [0.4, 0.5) is 16.2 Å². The minimum Gasteiger partial charge on any atom is -0.320 e. The van der Waals surface area contributed by atoms with Gasteiger partial charge in [0, 0.05) is 19.6 Å². The third-order valence-electron chi connectivity index (χ3n) is 5.15. The van der Waals surface area contributed by atoms with E-state index in [9.17, 15) is 9.59 Å². The zero-order chi connectivity index (χ0) is 21.1. The highest BCUT2D eigenvalue weighted by Gasteiger charge is 2.28. The lowest BCUT2D eigenvalue weighted by Crippen LogP contribution is -2.49. The van der Waals surface area contributed by atoms with Gasteiger partial charge in [0.25, 0.3) is 5.91 Å². The van der Waals surface area contributed by atoms with Crippen LogP contribution in [0.25, 0.3) is 0 Å². The number of aryl methyl sites for hydroxylation is 2. The molecule has 4 rings (SSSR count). The summed E-state index contributed by atoms with van der Waals surface area (Å²) >= 11 is 1.40. The molecule has 0 saturated carbocycles. The summed E-state index contributed by atoms with van der Waals surface area (Å²) < 4.78 is 0. The Labute approximate surface area is 180 Å². The van der Waals surface area contributed by atoms with Crippen molar-refractivity contribution in [1.29, 1.82) is 0 Å². The lowest BCUT2D eigenvalue weighted by Gasteiger charge is -2.36. The second-order valence-electron chi connectivity index (χ2n) is 7.65. The summed E-state index contributed by atoms with van der Waals surface area (Å²) in [4.78, 5) is 30.2. The Morgan fingerprint density at radius 1 is 1.03 bits per heavy atom. The number of nitrogens with zero attached hydrogens (tertiary/aromatic N) is 2. The van der Waals surface area contributed by atoms with Crippen molar-refractivity contribution in [2.75, 3.05) is 23.3 Å². The molecular weight excluding hydrogens is 394 g/mol. The van der Waals surface area contributed by atoms with Gasteiger partial charge in [0.05, 0.1) is 16.3 Å². The standard InChI is InChI=1S/C24H25N3O2S/c1-17-13-18(2)15-19(14-17)16-26-10-6-11-27(24(26)29)21-8-4-3-7-20(21)25-23(28)22-9-5-12-30-22/h3-5,7-9,12-15H,6,10-11,16H2,1-2H3,(H,25,28). The van der Waals surface area contributed by atoms with Gasteiger partial charge in [-0.15, -0.1) is 11.3 Å². The molecule has 3 amide bonds. The number of thiophene rings is 1. The predicted molar refractivity (Wildman–Crippen MR) is 122 cm³/mol. The Kier molecular flexibility index (Phi) is 5.86. The van der Waals surface area contributed by atoms with Gasteiger partial charge in [-0.25, -0.2) is 4.79 Å². The van der Waals surface area contributed by atoms with E-state index < -0.39 is 0 Å². The predicted octanol–water partition coefficient (Wildman–Crippen LogP) is 5.45. The second-order valence-corrected chi connectivity index (χ2v) is 8.60. The molecule has 1 aliphatic heterocycles. The maximum absolute atomic E-state index is 13.3. The topological polar surface area (TPSA) is 52.6 Å². The smallest absolute Gasteiger partial charge is 0.320 e. The van der Waals surface area contributed by atoms with Gasteiger partial charge in [-0.05, 0) is 49.4 Å². The van der Waals surface area contributed by atoms with Gasteiger partial charge in [0.15, 0.2) is 0 Å². The van der Waals surface area contributed by atoms with Crippen molar-refractivity contribution in [3.05, 3.63) is 81.5 Å². The molecule has 3 aromatic rings.